The van der Waals surface area contributed by atoms with Crippen molar-refractivity contribution in [2.24, 2.45) is 0 Å². The lowest BCUT2D eigenvalue weighted by Gasteiger charge is -1.77. The van der Waals surface area contributed by atoms with Gasteiger partial charge in [-0.2, -0.15) is 0 Å². The molecule has 0 saturated heterocycles. The first kappa shape index (κ1) is 6.62. The van der Waals surface area contributed by atoms with Gasteiger partial charge in [0.15, 0.2) is 0 Å². The molecule has 0 unspecified atom stereocenters. The second kappa shape index (κ2) is 5.62. The van der Waals surface area contributed by atoms with Crippen molar-refractivity contribution in [2.45, 2.75) is 0 Å². The first-order valence-electron chi connectivity index (χ1n) is 0.642. The van der Waals surface area contributed by atoms with Crippen LogP contribution in [0.15, 0.2) is 0 Å². The van der Waals surface area contributed by atoms with Crippen LogP contribution in [0.2, 0.25) is 0 Å². The van der Waals surface area contributed by atoms with Gasteiger partial charge in [0.2, 0.25) is 0 Å². The van der Waals surface area contributed by atoms with Gasteiger partial charge < -0.3 is 0 Å². The highest BCUT2D eigenvalue weighted by molar-refractivity contribution is 9.52. The second-order valence-corrected chi connectivity index (χ2v) is 2.58. The minimum absolute atomic E-state index is 1.13. The molecule has 5 heteroatoms. The first-order chi connectivity index (χ1) is 2.41. The Bertz CT molecular complexity index is 15.1. The molecule has 0 aromatic carbocycles. The number of hydrogen-bond acceptors (Lipinski definition) is 3. The first-order valence-corrected chi connectivity index (χ1v) is 5.81. The standard InChI is InChI=1S/Br2OS2/c1-4-3-5-2. The summed E-state index contributed by atoms with van der Waals surface area (Å²) in [6.45, 7) is 0. The minimum Gasteiger partial charge on any atom is -0.223 e. The SMILES string of the molecule is BrSOSBr. The van der Waals surface area contributed by atoms with Gasteiger partial charge in [-0.05, 0) is 0 Å². The lowest BCUT2D eigenvalue weighted by Crippen LogP contribution is -1.36. The second-order valence-electron chi connectivity index (χ2n) is 0.194. The molecule has 0 fully saturated rings. The third-order valence-corrected chi connectivity index (χ3v) is 2.41. The molecule has 0 aliphatic heterocycles. The van der Waals surface area contributed by atoms with E-state index in [4.69, 9.17) is 0 Å². The van der Waals surface area contributed by atoms with Crippen LogP contribution in [0.5, 0.6) is 0 Å². The highest BCUT2D eigenvalue weighted by atomic mass is 79.9. The van der Waals surface area contributed by atoms with E-state index in [-0.39, 0.29) is 0 Å². The van der Waals surface area contributed by atoms with Crippen LogP contribution in [-0.4, -0.2) is 0 Å². The molecule has 0 atom stereocenters. The van der Waals surface area contributed by atoms with Crippen molar-refractivity contribution in [1.29, 1.82) is 0 Å². The zero-order chi connectivity index (χ0) is 4.12. The Balaban J connectivity index is 2.19. The van der Waals surface area contributed by atoms with Crippen molar-refractivity contribution < 1.29 is 3.63 Å². The van der Waals surface area contributed by atoms with Gasteiger partial charge in [-0.1, -0.05) is 0 Å². The molecule has 0 bridgehead atoms. The zero-order valence-electron chi connectivity index (χ0n) is 1.98. The van der Waals surface area contributed by atoms with E-state index in [1.807, 2.05) is 0 Å². The topological polar surface area (TPSA) is 9.23 Å². The third-order valence-electron chi connectivity index (χ3n) is 0.0514. The summed E-state index contributed by atoms with van der Waals surface area (Å²) in [6.07, 6.45) is 0. The molecule has 0 radical (unpaired) electrons. The van der Waals surface area contributed by atoms with E-state index < -0.39 is 0 Å². The Morgan fingerprint density at radius 1 is 1.20 bits per heavy atom. The molecule has 0 aromatic rings. The highest BCUT2D eigenvalue weighted by Gasteiger charge is 1.72. The van der Waals surface area contributed by atoms with E-state index >= 15 is 0 Å². The molecule has 1 nitrogen and oxygen atoms in total. The minimum atomic E-state index is 1.13. The van der Waals surface area contributed by atoms with Crippen LogP contribution in [0.4, 0.5) is 0 Å². The van der Waals surface area contributed by atoms with E-state index in [9.17, 15) is 0 Å². The van der Waals surface area contributed by atoms with Crippen molar-refractivity contribution in [1.82, 2.24) is 0 Å². The van der Waals surface area contributed by atoms with Gasteiger partial charge in [0.05, 0.1) is 21.0 Å². The summed E-state index contributed by atoms with van der Waals surface area (Å²) in [7, 11) is 2.26. The lowest BCUT2D eigenvalue weighted by atomic mass is 15.9. The average Bonchev–Trinajstić information content (AvgIpc) is 1.41. The summed E-state index contributed by atoms with van der Waals surface area (Å²) in [5, 5.41) is 0. The summed E-state index contributed by atoms with van der Waals surface area (Å²) in [6, 6.07) is 0. The summed E-state index contributed by atoms with van der Waals surface area (Å²) in [5.41, 5.74) is 0. The van der Waals surface area contributed by atoms with E-state index in [0.717, 1.165) is 21.0 Å². The fraction of sp³-hybridized carbons (Fsp3) is 0. The Morgan fingerprint density at radius 3 is 1.60 bits per heavy atom. The van der Waals surface area contributed by atoms with E-state index in [0.29, 0.717) is 0 Å². The van der Waals surface area contributed by atoms with Crippen LogP contribution in [0, 0.1) is 0 Å². The summed E-state index contributed by atoms with van der Waals surface area (Å²) in [5.74, 6) is 0. The van der Waals surface area contributed by atoms with Gasteiger partial charge >= 0.3 is 0 Å². The lowest BCUT2D eigenvalue weighted by molar-refractivity contribution is 0.786. The molecule has 0 N–H and O–H groups in total. The Labute approximate surface area is 54.0 Å². The van der Waals surface area contributed by atoms with Crippen LogP contribution in [-0.2, 0) is 3.63 Å². The van der Waals surface area contributed by atoms with Crippen LogP contribution >= 0.6 is 50.6 Å². The molecule has 0 heterocycles. The Hall–Kier alpha value is 1.62. The smallest absolute Gasteiger partial charge is 0.0886 e. The monoisotopic (exact) mass is 238 g/mol. The van der Waals surface area contributed by atoms with Crippen molar-refractivity contribution in [3.8, 4) is 0 Å². The fourth-order valence-corrected chi connectivity index (χ4v) is 2.36. The molecule has 0 amide bonds. The number of hydrogen-bond donors (Lipinski definition) is 0. The summed E-state index contributed by atoms with van der Waals surface area (Å²) < 4.78 is 4.50. The maximum atomic E-state index is 4.50. The molecule has 0 aliphatic carbocycles. The van der Waals surface area contributed by atoms with Crippen LogP contribution in [0.1, 0.15) is 0 Å². The predicted molar refractivity (Wildman–Crippen MR) is 34.1 cm³/mol. The van der Waals surface area contributed by atoms with Gasteiger partial charge in [0.1, 0.15) is 0 Å². The summed E-state index contributed by atoms with van der Waals surface area (Å²) >= 11 is 5.91. The summed E-state index contributed by atoms with van der Waals surface area (Å²) in [4.78, 5) is 0. The highest BCUT2D eigenvalue weighted by Crippen LogP contribution is 2.24. The van der Waals surface area contributed by atoms with Crippen molar-refractivity contribution in [3.63, 3.8) is 0 Å². The normalized spacial score (nSPS) is 8.40. The number of rotatable bonds is 2. The van der Waals surface area contributed by atoms with Gasteiger partial charge in [-0.3, -0.25) is 0 Å². The van der Waals surface area contributed by atoms with Crippen LogP contribution in [0.25, 0.3) is 0 Å². The molecule has 32 valence electrons. The van der Waals surface area contributed by atoms with E-state index in [2.05, 4.69) is 33.3 Å². The molecular weight excluding hydrogens is 240 g/mol. The maximum absolute atomic E-state index is 4.50. The average molecular weight is 240 g/mol. The molecule has 0 aromatic heterocycles. The molecule has 0 aliphatic rings. The van der Waals surface area contributed by atoms with E-state index in [1.165, 1.54) is 0 Å². The van der Waals surface area contributed by atoms with Gasteiger partial charge in [-0.15, -0.1) is 0 Å². The Kier molecular flexibility index (Phi) is 7.44. The predicted octanol–water partition coefficient (Wildman–Crippen LogP) is 2.92. The van der Waals surface area contributed by atoms with Gasteiger partial charge in [0.25, 0.3) is 0 Å². The molecule has 5 heavy (non-hydrogen) atoms. The van der Waals surface area contributed by atoms with Crippen molar-refractivity contribution in [3.05, 3.63) is 0 Å². The molecule has 0 saturated carbocycles. The number of halogens is 2. The van der Waals surface area contributed by atoms with Crippen molar-refractivity contribution in [2.75, 3.05) is 0 Å². The van der Waals surface area contributed by atoms with E-state index in [1.54, 1.807) is 0 Å². The zero-order valence-corrected chi connectivity index (χ0v) is 6.79. The molecular formula is Br2OS2. The van der Waals surface area contributed by atoms with Crippen LogP contribution in [0.3, 0.4) is 0 Å². The van der Waals surface area contributed by atoms with Gasteiger partial charge in [-0.25, -0.2) is 3.63 Å². The quantitative estimate of drug-likeness (QED) is 0.686. The maximum Gasteiger partial charge on any atom is 0.0886 e. The third kappa shape index (κ3) is 5.62. The fourth-order valence-electron chi connectivity index (χ4n) is 0.00972. The Morgan fingerprint density at radius 2 is 1.60 bits per heavy atom. The largest absolute Gasteiger partial charge is 0.223 e. The molecule has 0 spiro atoms. The molecule has 0 rings (SSSR count). The van der Waals surface area contributed by atoms with Gasteiger partial charge in [0, 0.05) is 29.6 Å². The van der Waals surface area contributed by atoms with Crippen molar-refractivity contribution >= 4 is 50.6 Å². The van der Waals surface area contributed by atoms with Crippen LogP contribution < -0.4 is 0 Å².